The van der Waals surface area contributed by atoms with Gasteiger partial charge in [-0.25, -0.2) is 4.79 Å². The Morgan fingerprint density at radius 1 is 1.41 bits per heavy atom. The second-order valence-corrected chi connectivity index (χ2v) is 4.15. The summed E-state index contributed by atoms with van der Waals surface area (Å²) in [4.78, 5) is 13.9. The molecule has 1 aliphatic rings. The molecule has 0 aliphatic carbocycles. The third kappa shape index (κ3) is 2.35. The minimum Gasteiger partial charge on any atom is -0.462 e. The zero-order chi connectivity index (χ0) is 12.3. The lowest BCUT2D eigenvalue weighted by Crippen LogP contribution is -2.20. The Morgan fingerprint density at radius 2 is 2.12 bits per heavy atom. The molecule has 1 aromatic carbocycles. The summed E-state index contributed by atoms with van der Waals surface area (Å²) in [5, 5.41) is 0. The van der Waals surface area contributed by atoms with Crippen molar-refractivity contribution in [2.24, 2.45) is 0 Å². The van der Waals surface area contributed by atoms with Gasteiger partial charge in [-0.3, -0.25) is 0 Å². The van der Waals surface area contributed by atoms with Crippen LogP contribution < -0.4 is 10.6 Å². The van der Waals surface area contributed by atoms with Crippen molar-refractivity contribution in [1.82, 2.24) is 0 Å². The van der Waals surface area contributed by atoms with Crippen molar-refractivity contribution in [2.45, 2.75) is 19.8 Å². The lowest BCUT2D eigenvalue weighted by atomic mass is 10.1. The molecule has 17 heavy (non-hydrogen) atoms. The number of rotatable bonds is 3. The van der Waals surface area contributed by atoms with E-state index in [1.54, 1.807) is 13.0 Å². The smallest absolute Gasteiger partial charge is 0.340 e. The standard InChI is InChI=1S/C13H18N2O2/c1-2-17-13(16)10-6-5-7-11(12(10)14)15-8-3-4-9-15/h5-7H,2-4,8-9,14H2,1H3. The highest BCUT2D eigenvalue weighted by atomic mass is 16.5. The first-order valence-corrected chi connectivity index (χ1v) is 6.04. The maximum absolute atomic E-state index is 11.7. The molecule has 0 atom stereocenters. The molecule has 0 radical (unpaired) electrons. The first kappa shape index (κ1) is 11.8. The molecule has 92 valence electrons. The van der Waals surface area contributed by atoms with E-state index in [1.165, 1.54) is 12.8 Å². The predicted molar refractivity (Wildman–Crippen MR) is 68.3 cm³/mol. The monoisotopic (exact) mass is 234 g/mol. The normalized spacial score (nSPS) is 15.0. The third-order valence-electron chi connectivity index (χ3n) is 3.03. The third-order valence-corrected chi connectivity index (χ3v) is 3.03. The summed E-state index contributed by atoms with van der Waals surface area (Å²) in [5.74, 6) is -0.342. The number of hydrogen-bond donors (Lipinski definition) is 1. The van der Waals surface area contributed by atoms with Gasteiger partial charge in [0.15, 0.2) is 0 Å². The van der Waals surface area contributed by atoms with Gasteiger partial charge in [-0.1, -0.05) is 6.07 Å². The van der Waals surface area contributed by atoms with Crippen LogP contribution in [0.3, 0.4) is 0 Å². The summed E-state index contributed by atoms with van der Waals surface area (Å²) in [7, 11) is 0. The number of benzene rings is 1. The number of nitrogens with two attached hydrogens (primary N) is 1. The number of carbonyl (C=O) groups excluding carboxylic acids is 1. The Labute approximate surface area is 101 Å². The predicted octanol–water partition coefficient (Wildman–Crippen LogP) is 2.05. The van der Waals surface area contributed by atoms with Gasteiger partial charge in [-0.05, 0) is 31.9 Å². The maximum atomic E-state index is 11.7. The molecule has 1 aromatic rings. The first-order valence-electron chi connectivity index (χ1n) is 6.04. The van der Waals surface area contributed by atoms with E-state index in [4.69, 9.17) is 10.5 Å². The Bertz CT molecular complexity index is 412. The van der Waals surface area contributed by atoms with Crippen LogP contribution in [0.25, 0.3) is 0 Å². The Hall–Kier alpha value is -1.71. The van der Waals surface area contributed by atoms with E-state index >= 15 is 0 Å². The number of para-hydroxylation sites is 1. The summed E-state index contributed by atoms with van der Waals surface area (Å²) in [6.07, 6.45) is 2.37. The van der Waals surface area contributed by atoms with Crippen LogP contribution >= 0.6 is 0 Å². The van der Waals surface area contributed by atoms with Crippen LogP contribution in [0.15, 0.2) is 18.2 Å². The van der Waals surface area contributed by atoms with Crippen molar-refractivity contribution in [2.75, 3.05) is 30.3 Å². The highest BCUT2D eigenvalue weighted by Crippen LogP contribution is 2.29. The quantitative estimate of drug-likeness (QED) is 0.642. The molecule has 0 bridgehead atoms. The lowest BCUT2D eigenvalue weighted by Gasteiger charge is -2.20. The number of nitrogens with zero attached hydrogens (tertiary/aromatic N) is 1. The van der Waals surface area contributed by atoms with Crippen LogP contribution in [0.4, 0.5) is 11.4 Å². The summed E-state index contributed by atoms with van der Waals surface area (Å²) in [6.45, 7) is 4.18. The second kappa shape index (κ2) is 5.08. The van der Waals surface area contributed by atoms with Crippen LogP contribution in [0.2, 0.25) is 0 Å². The average molecular weight is 234 g/mol. The highest BCUT2D eigenvalue weighted by Gasteiger charge is 2.19. The number of nitrogen functional groups attached to an aromatic ring is 1. The van der Waals surface area contributed by atoms with Crippen LogP contribution in [0.5, 0.6) is 0 Å². The van der Waals surface area contributed by atoms with Gasteiger partial charge in [-0.15, -0.1) is 0 Å². The Morgan fingerprint density at radius 3 is 2.76 bits per heavy atom. The van der Waals surface area contributed by atoms with Gasteiger partial charge in [0.25, 0.3) is 0 Å². The minimum absolute atomic E-state index is 0.342. The molecule has 1 fully saturated rings. The fourth-order valence-corrected chi connectivity index (χ4v) is 2.17. The van der Waals surface area contributed by atoms with E-state index in [9.17, 15) is 4.79 Å². The average Bonchev–Trinajstić information content (AvgIpc) is 2.83. The lowest BCUT2D eigenvalue weighted by molar-refractivity contribution is 0.0527. The molecule has 0 aromatic heterocycles. The van der Waals surface area contributed by atoms with Crippen molar-refractivity contribution < 1.29 is 9.53 Å². The van der Waals surface area contributed by atoms with Gasteiger partial charge in [0.1, 0.15) is 0 Å². The maximum Gasteiger partial charge on any atom is 0.340 e. The highest BCUT2D eigenvalue weighted by molar-refractivity contribution is 5.98. The van der Waals surface area contributed by atoms with Crippen molar-refractivity contribution in [1.29, 1.82) is 0 Å². The Balaban J connectivity index is 2.29. The van der Waals surface area contributed by atoms with Gasteiger partial charge in [0.05, 0.1) is 23.5 Å². The molecule has 1 heterocycles. The number of carbonyl (C=O) groups is 1. The fraction of sp³-hybridized carbons (Fsp3) is 0.462. The molecule has 4 heteroatoms. The van der Waals surface area contributed by atoms with Crippen LogP contribution in [0, 0.1) is 0 Å². The first-order chi connectivity index (χ1) is 8.24. The van der Waals surface area contributed by atoms with Crippen molar-refractivity contribution in [3.05, 3.63) is 23.8 Å². The van der Waals surface area contributed by atoms with Gasteiger partial charge >= 0.3 is 5.97 Å². The van der Waals surface area contributed by atoms with Gasteiger partial charge in [0, 0.05) is 13.1 Å². The van der Waals surface area contributed by atoms with Crippen LogP contribution in [-0.4, -0.2) is 25.7 Å². The van der Waals surface area contributed by atoms with Crippen molar-refractivity contribution in [3.63, 3.8) is 0 Å². The number of esters is 1. The topological polar surface area (TPSA) is 55.6 Å². The van der Waals surface area contributed by atoms with Gasteiger partial charge in [-0.2, -0.15) is 0 Å². The molecule has 1 aliphatic heterocycles. The van der Waals surface area contributed by atoms with Gasteiger partial charge < -0.3 is 15.4 Å². The summed E-state index contributed by atoms with van der Waals surface area (Å²) < 4.78 is 4.99. The zero-order valence-electron chi connectivity index (χ0n) is 10.1. The fourth-order valence-electron chi connectivity index (χ4n) is 2.17. The van der Waals surface area contributed by atoms with E-state index in [1.807, 2.05) is 12.1 Å². The summed E-state index contributed by atoms with van der Waals surface area (Å²) in [5.41, 5.74) is 8.01. The largest absolute Gasteiger partial charge is 0.462 e. The minimum atomic E-state index is -0.342. The van der Waals surface area contributed by atoms with E-state index in [0.29, 0.717) is 17.9 Å². The molecule has 1 saturated heterocycles. The molecule has 0 spiro atoms. The van der Waals surface area contributed by atoms with Crippen LogP contribution in [0.1, 0.15) is 30.1 Å². The zero-order valence-corrected chi connectivity index (χ0v) is 10.1. The van der Waals surface area contributed by atoms with E-state index < -0.39 is 0 Å². The number of hydrogen-bond acceptors (Lipinski definition) is 4. The molecular weight excluding hydrogens is 216 g/mol. The SMILES string of the molecule is CCOC(=O)c1cccc(N2CCCC2)c1N. The van der Waals surface area contributed by atoms with E-state index in [-0.39, 0.29) is 5.97 Å². The molecule has 0 amide bonds. The molecule has 0 saturated carbocycles. The molecule has 4 nitrogen and oxygen atoms in total. The molecule has 2 N–H and O–H groups in total. The van der Waals surface area contributed by atoms with Crippen molar-refractivity contribution >= 4 is 17.3 Å². The number of anilines is 2. The molecule has 2 rings (SSSR count). The van der Waals surface area contributed by atoms with Crippen molar-refractivity contribution in [3.8, 4) is 0 Å². The van der Waals surface area contributed by atoms with Crippen LogP contribution in [-0.2, 0) is 4.74 Å². The number of ether oxygens (including phenoxy) is 1. The van der Waals surface area contributed by atoms with E-state index in [0.717, 1.165) is 18.8 Å². The van der Waals surface area contributed by atoms with Gasteiger partial charge in [0.2, 0.25) is 0 Å². The van der Waals surface area contributed by atoms with E-state index in [2.05, 4.69) is 4.90 Å². The summed E-state index contributed by atoms with van der Waals surface area (Å²) in [6, 6.07) is 5.53. The molecular formula is C13H18N2O2. The second-order valence-electron chi connectivity index (χ2n) is 4.15. The summed E-state index contributed by atoms with van der Waals surface area (Å²) >= 11 is 0. The Kier molecular flexibility index (Phi) is 3.52. The molecule has 0 unspecified atom stereocenters.